The molecule has 0 radical (unpaired) electrons. The second-order valence-electron chi connectivity index (χ2n) is 4.33. The number of alkyl halides is 1. The van der Waals surface area contributed by atoms with E-state index in [0.717, 1.165) is 24.9 Å². The molecular formula is C12H24BrNO. The molecule has 1 aliphatic heterocycles. The minimum atomic E-state index is 0.502. The van der Waals surface area contributed by atoms with Gasteiger partial charge in [-0.3, -0.25) is 0 Å². The Hall–Kier alpha value is 0.400. The molecule has 1 saturated heterocycles. The van der Waals surface area contributed by atoms with Gasteiger partial charge >= 0.3 is 0 Å². The Labute approximate surface area is 102 Å². The van der Waals surface area contributed by atoms with Gasteiger partial charge in [-0.2, -0.15) is 0 Å². The summed E-state index contributed by atoms with van der Waals surface area (Å²) in [5, 5.41) is 1.14. The van der Waals surface area contributed by atoms with Crippen LogP contribution in [-0.4, -0.2) is 42.6 Å². The van der Waals surface area contributed by atoms with E-state index in [9.17, 15) is 0 Å². The van der Waals surface area contributed by atoms with Crippen molar-refractivity contribution in [3.8, 4) is 0 Å². The van der Waals surface area contributed by atoms with Crippen LogP contribution in [0.25, 0.3) is 0 Å². The summed E-state index contributed by atoms with van der Waals surface area (Å²) in [7, 11) is 0. The Morgan fingerprint density at radius 3 is 3.00 bits per heavy atom. The number of nitrogens with zero attached hydrogens (tertiary/aromatic N) is 1. The lowest BCUT2D eigenvalue weighted by Crippen LogP contribution is -2.40. The number of halogens is 1. The molecule has 90 valence electrons. The minimum Gasteiger partial charge on any atom is -0.377 e. The van der Waals surface area contributed by atoms with Gasteiger partial charge in [0.2, 0.25) is 0 Å². The molecule has 0 amide bonds. The van der Waals surface area contributed by atoms with Gasteiger partial charge < -0.3 is 9.64 Å². The van der Waals surface area contributed by atoms with Crippen molar-refractivity contribution in [2.45, 2.75) is 45.1 Å². The van der Waals surface area contributed by atoms with E-state index in [0.29, 0.717) is 6.10 Å². The lowest BCUT2D eigenvalue weighted by Gasteiger charge is -2.32. The van der Waals surface area contributed by atoms with Crippen molar-refractivity contribution < 1.29 is 4.74 Å². The van der Waals surface area contributed by atoms with Crippen molar-refractivity contribution >= 4 is 15.9 Å². The normalized spacial score (nSPS) is 23.2. The van der Waals surface area contributed by atoms with Crippen LogP contribution in [0.2, 0.25) is 0 Å². The maximum atomic E-state index is 5.82. The van der Waals surface area contributed by atoms with E-state index in [1.165, 1.54) is 38.8 Å². The van der Waals surface area contributed by atoms with E-state index < -0.39 is 0 Å². The molecule has 1 aliphatic rings. The highest BCUT2D eigenvalue weighted by Gasteiger charge is 2.19. The van der Waals surface area contributed by atoms with Crippen LogP contribution in [0.3, 0.4) is 0 Å². The maximum Gasteiger partial charge on any atom is 0.0702 e. The molecule has 0 aromatic carbocycles. The van der Waals surface area contributed by atoms with Crippen LogP contribution in [0.15, 0.2) is 0 Å². The molecule has 1 unspecified atom stereocenters. The zero-order valence-corrected chi connectivity index (χ0v) is 11.5. The number of rotatable bonds is 7. The lowest BCUT2D eigenvalue weighted by atomic mass is 10.1. The minimum absolute atomic E-state index is 0.502. The van der Waals surface area contributed by atoms with Gasteiger partial charge in [0.05, 0.1) is 6.10 Å². The van der Waals surface area contributed by atoms with E-state index >= 15 is 0 Å². The Bertz CT molecular complexity index is 155. The molecular weight excluding hydrogens is 254 g/mol. The van der Waals surface area contributed by atoms with Crippen LogP contribution in [0.1, 0.15) is 39.0 Å². The molecule has 0 saturated carbocycles. The number of ether oxygens (including phenoxy) is 1. The first kappa shape index (κ1) is 13.5. The Morgan fingerprint density at radius 2 is 2.27 bits per heavy atom. The average Bonchev–Trinajstić information content (AvgIpc) is 2.27. The largest absolute Gasteiger partial charge is 0.377 e. The van der Waals surface area contributed by atoms with Gasteiger partial charge in [0.1, 0.15) is 0 Å². The lowest BCUT2D eigenvalue weighted by molar-refractivity contribution is -0.000231. The molecule has 2 nitrogen and oxygen atoms in total. The molecule has 3 heteroatoms. The van der Waals surface area contributed by atoms with Crippen molar-refractivity contribution in [1.29, 1.82) is 0 Å². The Kier molecular flexibility index (Phi) is 7.67. The fourth-order valence-electron chi connectivity index (χ4n) is 2.07. The first-order valence-corrected chi connectivity index (χ1v) is 7.39. The summed E-state index contributed by atoms with van der Waals surface area (Å²) in [5.74, 6) is 0. The van der Waals surface area contributed by atoms with Gasteiger partial charge in [-0.25, -0.2) is 0 Å². The van der Waals surface area contributed by atoms with E-state index in [-0.39, 0.29) is 0 Å². The van der Waals surface area contributed by atoms with Crippen LogP contribution in [0.5, 0.6) is 0 Å². The summed E-state index contributed by atoms with van der Waals surface area (Å²) in [5.41, 5.74) is 0. The number of hydrogen-bond donors (Lipinski definition) is 0. The quantitative estimate of drug-likeness (QED) is 0.524. The third-order valence-corrected chi connectivity index (χ3v) is 3.44. The SMILES string of the molecule is CCCOC1CCCN(CCCCBr)C1. The van der Waals surface area contributed by atoms with Crippen LogP contribution in [0, 0.1) is 0 Å². The molecule has 0 aromatic rings. The summed E-state index contributed by atoms with van der Waals surface area (Å²) >= 11 is 3.48. The van der Waals surface area contributed by atoms with Crippen molar-refractivity contribution in [3.05, 3.63) is 0 Å². The molecule has 0 spiro atoms. The third-order valence-electron chi connectivity index (χ3n) is 2.88. The highest BCUT2D eigenvalue weighted by molar-refractivity contribution is 9.09. The highest BCUT2D eigenvalue weighted by atomic mass is 79.9. The summed E-state index contributed by atoms with van der Waals surface area (Å²) in [4.78, 5) is 2.56. The molecule has 1 heterocycles. The summed E-state index contributed by atoms with van der Waals surface area (Å²) in [6.07, 6.45) is 6.81. The maximum absolute atomic E-state index is 5.82. The first-order valence-electron chi connectivity index (χ1n) is 6.26. The number of likely N-dealkylation sites (tertiary alicyclic amines) is 1. The van der Waals surface area contributed by atoms with Gasteiger partial charge in [0.15, 0.2) is 0 Å². The fourth-order valence-corrected chi connectivity index (χ4v) is 2.46. The fraction of sp³-hybridized carbons (Fsp3) is 1.00. The van der Waals surface area contributed by atoms with Crippen LogP contribution in [-0.2, 0) is 4.74 Å². The molecule has 0 aromatic heterocycles. The molecule has 1 rings (SSSR count). The number of hydrogen-bond acceptors (Lipinski definition) is 2. The molecule has 1 fully saturated rings. The summed E-state index contributed by atoms with van der Waals surface area (Å²) < 4.78 is 5.82. The van der Waals surface area contributed by atoms with Gasteiger partial charge in [-0.05, 0) is 45.2 Å². The molecule has 0 aliphatic carbocycles. The third kappa shape index (κ3) is 5.88. The second-order valence-corrected chi connectivity index (χ2v) is 5.12. The first-order chi connectivity index (χ1) is 7.36. The number of piperidine rings is 1. The van der Waals surface area contributed by atoms with Crippen molar-refractivity contribution in [2.75, 3.05) is 31.6 Å². The second kappa shape index (κ2) is 8.54. The van der Waals surface area contributed by atoms with Crippen molar-refractivity contribution in [2.24, 2.45) is 0 Å². The average molecular weight is 278 g/mol. The molecule has 0 N–H and O–H groups in total. The molecule has 1 atom stereocenters. The van der Waals surface area contributed by atoms with Crippen molar-refractivity contribution in [3.63, 3.8) is 0 Å². The van der Waals surface area contributed by atoms with Crippen LogP contribution < -0.4 is 0 Å². The van der Waals surface area contributed by atoms with E-state index in [2.05, 4.69) is 27.8 Å². The standard InChI is InChI=1S/C12H24BrNO/c1-2-10-15-12-6-5-9-14(11-12)8-4-3-7-13/h12H,2-11H2,1H3. The molecule has 15 heavy (non-hydrogen) atoms. The van der Waals surface area contributed by atoms with Gasteiger partial charge in [0.25, 0.3) is 0 Å². The van der Waals surface area contributed by atoms with E-state index in [4.69, 9.17) is 4.74 Å². The smallest absolute Gasteiger partial charge is 0.0702 e. The predicted molar refractivity (Wildman–Crippen MR) is 68.7 cm³/mol. The molecule has 0 bridgehead atoms. The Balaban J connectivity index is 2.11. The van der Waals surface area contributed by atoms with E-state index in [1.807, 2.05) is 0 Å². The zero-order chi connectivity index (χ0) is 10.9. The van der Waals surface area contributed by atoms with Crippen molar-refractivity contribution in [1.82, 2.24) is 4.90 Å². The predicted octanol–water partition coefficient (Wildman–Crippen LogP) is 3.05. The van der Waals surface area contributed by atoms with Gasteiger partial charge in [-0.15, -0.1) is 0 Å². The van der Waals surface area contributed by atoms with E-state index in [1.54, 1.807) is 0 Å². The summed E-state index contributed by atoms with van der Waals surface area (Å²) in [6, 6.07) is 0. The Morgan fingerprint density at radius 1 is 1.40 bits per heavy atom. The van der Waals surface area contributed by atoms with Crippen LogP contribution >= 0.6 is 15.9 Å². The monoisotopic (exact) mass is 277 g/mol. The van der Waals surface area contributed by atoms with Crippen LogP contribution in [0.4, 0.5) is 0 Å². The number of unbranched alkanes of at least 4 members (excludes halogenated alkanes) is 1. The highest BCUT2D eigenvalue weighted by Crippen LogP contribution is 2.14. The topological polar surface area (TPSA) is 12.5 Å². The zero-order valence-electron chi connectivity index (χ0n) is 9.88. The summed E-state index contributed by atoms with van der Waals surface area (Å²) in [6.45, 7) is 6.78. The van der Waals surface area contributed by atoms with Gasteiger partial charge in [-0.1, -0.05) is 22.9 Å². The van der Waals surface area contributed by atoms with Gasteiger partial charge in [0, 0.05) is 18.5 Å².